The summed E-state index contributed by atoms with van der Waals surface area (Å²) in [6.07, 6.45) is 25.5. The average Bonchev–Trinajstić information content (AvgIpc) is 3.15. The fourth-order valence-corrected chi connectivity index (χ4v) is 4.50. The van der Waals surface area contributed by atoms with Crippen molar-refractivity contribution < 1.29 is 24.4 Å². The minimum Gasteiger partial charge on any atom is -0.481 e. The van der Waals surface area contributed by atoms with Gasteiger partial charge in [0.05, 0.1) is 18.6 Å². The van der Waals surface area contributed by atoms with E-state index in [1.807, 2.05) is 0 Å². The smallest absolute Gasteiger partial charge is 0.306 e. The van der Waals surface area contributed by atoms with E-state index in [0.717, 1.165) is 38.5 Å². The lowest BCUT2D eigenvalue weighted by molar-refractivity contribution is -0.385. The van der Waals surface area contributed by atoms with Crippen molar-refractivity contribution in [3.63, 3.8) is 0 Å². The van der Waals surface area contributed by atoms with Crippen LogP contribution in [0.4, 0.5) is 0 Å². The Morgan fingerprint density at radius 2 is 1.59 bits per heavy atom. The lowest BCUT2D eigenvalue weighted by Crippen LogP contribution is -2.37. The van der Waals surface area contributed by atoms with Crippen LogP contribution in [0.2, 0.25) is 0 Å². The van der Waals surface area contributed by atoms with E-state index in [2.05, 4.69) is 36.5 Å². The Kier molecular flexibility index (Phi) is 9.45. The van der Waals surface area contributed by atoms with Crippen molar-refractivity contribution in [1.82, 2.24) is 0 Å². The lowest BCUT2D eigenvalue weighted by Gasteiger charge is -2.30. The minimum atomic E-state index is -0.843. The zero-order valence-electron chi connectivity index (χ0n) is 17.4. The number of carboxylic acids is 1. The number of rotatable bonds is 10. The van der Waals surface area contributed by atoms with Gasteiger partial charge in [0.25, 0.3) is 0 Å². The molecule has 1 aliphatic carbocycles. The van der Waals surface area contributed by atoms with Crippen LogP contribution in [-0.4, -0.2) is 35.5 Å². The van der Waals surface area contributed by atoms with Gasteiger partial charge in [-0.3, -0.25) is 4.79 Å². The van der Waals surface area contributed by atoms with Crippen molar-refractivity contribution in [1.29, 1.82) is 0 Å². The molecule has 0 saturated carbocycles. The van der Waals surface area contributed by atoms with E-state index in [1.165, 1.54) is 32.1 Å². The van der Waals surface area contributed by atoms with Crippen LogP contribution in [0.15, 0.2) is 36.5 Å². The van der Waals surface area contributed by atoms with Gasteiger partial charge in [0.2, 0.25) is 0 Å². The van der Waals surface area contributed by atoms with Crippen LogP contribution in [0, 0.1) is 5.92 Å². The molecule has 2 heterocycles. The van der Waals surface area contributed by atoms with E-state index in [-0.39, 0.29) is 24.7 Å². The van der Waals surface area contributed by atoms with Crippen LogP contribution in [0.25, 0.3) is 0 Å². The minimum absolute atomic E-state index is 0.00561. The first-order valence-corrected chi connectivity index (χ1v) is 11.4. The molecule has 0 aromatic heterocycles. The Balaban J connectivity index is 1.22. The van der Waals surface area contributed by atoms with Crippen molar-refractivity contribution in [2.45, 2.75) is 101 Å². The summed E-state index contributed by atoms with van der Waals surface area (Å²) in [5, 5.41) is 8.83. The average molecular weight is 405 g/mol. The second kappa shape index (κ2) is 12.3. The monoisotopic (exact) mass is 404 g/mol. The zero-order valence-corrected chi connectivity index (χ0v) is 17.4. The maximum Gasteiger partial charge on any atom is 0.306 e. The Morgan fingerprint density at radius 3 is 2.38 bits per heavy atom. The highest BCUT2D eigenvalue weighted by Crippen LogP contribution is 2.32. The molecule has 162 valence electrons. The van der Waals surface area contributed by atoms with Crippen molar-refractivity contribution in [2.24, 2.45) is 5.92 Å². The SMILES string of the molecule is O=C(O)C[C@@H]1CC[C@@H]([C@@H]2CC[C@@H](CCCCCC[C@H]3\C=C/C=C\C=C/C3)O2)OO1. The molecule has 1 N–H and O–H groups in total. The standard InChI is InChI=1S/C24H36O5/c25-24(26)18-21-15-17-23(29-28-21)22-16-14-20(27-22)13-9-5-4-8-12-19-10-6-2-1-3-7-11-19/h1-3,6-7,10,19-23H,4-5,8-9,11-18H2,(H,25,26)/b2-1-,7-3-,10-6-/t19-,20+,21-,22-,23-/m0/s1. The van der Waals surface area contributed by atoms with Gasteiger partial charge in [0, 0.05) is 0 Å². The first-order chi connectivity index (χ1) is 14.2. The number of carboxylic acid groups (broad SMARTS) is 1. The maximum atomic E-state index is 10.8. The van der Waals surface area contributed by atoms with Gasteiger partial charge in [-0.25, -0.2) is 9.78 Å². The van der Waals surface area contributed by atoms with Gasteiger partial charge in [-0.2, -0.15) is 0 Å². The summed E-state index contributed by atoms with van der Waals surface area (Å²) in [6.45, 7) is 0. The molecule has 2 aliphatic heterocycles. The fourth-order valence-electron chi connectivity index (χ4n) is 4.50. The molecule has 0 aromatic rings. The largest absolute Gasteiger partial charge is 0.481 e. The van der Waals surface area contributed by atoms with E-state index in [4.69, 9.17) is 19.6 Å². The summed E-state index contributed by atoms with van der Waals surface area (Å²) in [5.41, 5.74) is 0. The molecule has 5 heteroatoms. The molecule has 5 atom stereocenters. The van der Waals surface area contributed by atoms with Crippen molar-refractivity contribution >= 4 is 5.97 Å². The van der Waals surface area contributed by atoms with Crippen LogP contribution in [0.1, 0.15) is 77.0 Å². The number of aliphatic carboxylic acids is 1. The Labute approximate surface area is 174 Å². The number of carbonyl (C=O) groups is 1. The summed E-state index contributed by atoms with van der Waals surface area (Å²) in [5.74, 6) is -0.160. The van der Waals surface area contributed by atoms with Gasteiger partial charge in [0.1, 0.15) is 12.2 Å². The molecule has 3 aliphatic rings. The molecule has 29 heavy (non-hydrogen) atoms. The Hall–Kier alpha value is -1.43. The third kappa shape index (κ3) is 8.07. The van der Waals surface area contributed by atoms with E-state index in [9.17, 15) is 4.79 Å². The second-order valence-electron chi connectivity index (χ2n) is 8.59. The summed E-state index contributed by atoms with van der Waals surface area (Å²) in [4.78, 5) is 21.5. The third-order valence-electron chi connectivity index (χ3n) is 6.19. The van der Waals surface area contributed by atoms with E-state index in [1.54, 1.807) is 0 Å². The molecular weight excluding hydrogens is 368 g/mol. The van der Waals surface area contributed by atoms with Crippen molar-refractivity contribution in [2.75, 3.05) is 0 Å². The highest BCUT2D eigenvalue weighted by Gasteiger charge is 2.36. The number of hydrogen-bond donors (Lipinski definition) is 1. The van der Waals surface area contributed by atoms with E-state index >= 15 is 0 Å². The van der Waals surface area contributed by atoms with E-state index < -0.39 is 5.97 Å². The summed E-state index contributed by atoms with van der Waals surface area (Å²) in [7, 11) is 0. The van der Waals surface area contributed by atoms with Gasteiger partial charge in [-0.05, 0) is 50.9 Å². The van der Waals surface area contributed by atoms with Gasteiger partial charge in [-0.15, -0.1) is 0 Å². The summed E-state index contributed by atoms with van der Waals surface area (Å²) < 4.78 is 6.20. The molecule has 0 unspecified atom stereocenters. The molecular formula is C24H36O5. The maximum absolute atomic E-state index is 10.8. The number of allylic oxidation sites excluding steroid dienone is 6. The predicted octanol–water partition coefficient (Wildman–Crippen LogP) is 5.52. The highest BCUT2D eigenvalue weighted by molar-refractivity contribution is 5.67. The quantitative estimate of drug-likeness (QED) is 0.384. The molecule has 0 bridgehead atoms. The molecule has 0 spiro atoms. The number of ether oxygens (including phenoxy) is 1. The van der Waals surface area contributed by atoms with Gasteiger partial charge in [0.15, 0.2) is 0 Å². The molecule has 0 amide bonds. The second-order valence-corrected chi connectivity index (χ2v) is 8.59. The third-order valence-corrected chi connectivity index (χ3v) is 6.19. The van der Waals surface area contributed by atoms with Crippen molar-refractivity contribution in [3.05, 3.63) is 36.5 Å². The predicted molar refractivity (Wildman–Crippen MR) is 112 cm³/mol. The van der Waals surface area contributed by atoms with Crippen LogP contribution < -0.4 is 0 Å². The lowest BCUT2D eigenvalue weighted by atomic mass is 9.95. The fraction of sp³-hybridized carbons (Fsp3) is 0.708. The van der Waals surface area contributed by atoms with Crippen LogP contribution >= 0.6 is 0 Å². The number of unbranched alkanes of at least 4 members (excludes halogenated alkanes) is 3. The molecule has 0 radical (unpaired) electrons. The van der Waals surface area contributed by atoms with Crippen molar-refractivity contribution in [3.8, 4) is 0 Å². The first-order valence-electron chi connectivity index (χ1n) is 11.4. The van der Waals surface area contributed by atoms with Gasteiger partial charge in [-0.1, -0.05) is 62.1 Å². The number of hydrogen-bond acceptors (Lipinski definition) is 4. The molecule has 3 rings (SSSR count). The van der Waals surface area contributed by atoms with Crippen LogP contribution in [0.3, 0.4) is 0 Å². The van der Waals surface area contributed by atoms with Gasteiger partial charge >= 0.3 is 5.97 Å². The normalized spacial score (nSPS) is 35.5. The first kappa shape index (κ1) is 22.3. The Morgan fingerprint density at radius 1 is 0.828 bits per heavy atom. The molecule has 5 nitrogen and oxygen atoms in total. The van der Waals surface area contributed by atoms with E-state index in [0.29, 0.717) is 12.0 Å². The summed E-state index contributed by atoms with van der Waals surface area (Å²) >= 11 is 0. The Bertz CT molecular complexity index is 574. The topological polar surface area (TPSA) is 65.0 Å². The molecule has 2 fully saturated rings. The highest BCUT2D eigenvalue weighted by atomic mass is 17.2. The van der Waals surface area contributed by atoms with Crippen LogP contribution in [0.5, 0.6) is 0 Å². The molecule has 2 saturated heterocycles. The van der Waals surface area contributed by atoms with Crippen LogP contribution in [-0.2, 0) is 19.3 Å². The summed E-state index contributed by atoms with van der Waals surface area (Å²) in [6, 6.07) is 0. The van der Waals surface area contributed by atoms with Gasteiger partial charge < -0.3 is 9.84 Å². The molecule has 0 aromatic carbocycles. The zero-order chi connectivity index (χ0) is 20.3.